The molecule has 1 saturated heterocycles. The number of anilines is 3. The highest BCUT2D eigenvalue weighted by molar-refractivity contribution is 5.92. The smallest absolute Gasteiger partial charge is 0.238 e. The third-order valence-electron chi connectivity index (χ3n) is 6.22. The van der Waals surface area contributed by atoms with Gasteiger partial charge < -0.3 is 15.5 Å². The van der Waals surface area contributed by atoms with E-state index in [4.69, 9.17) is 4.98 Å². The van der Waals surface area contributed by atoms with Gasteiger partial charge in [-0.05, 0) is 76.4 Å². The zero-order chi connectivity index (χ0) is 24.8. The first-order valence-corrected chi connectivity index (χ1v) is 11.6. The number of rotatable bonds is 8. The maximum Gasteiger partial charge on any atom is 0.238 e. The molecular weight excluding hydrogens is 450 g/mol. The minimum Gasteiger partial charge on any atom is -0.325 e. The number of hydrogen-bond donors (Lipinski definition) is 2. The first kappa shape index (κ1) is 24.7. The molecule has 1 aliphatic heterocycles. The second-order valence-electron chi connectivity index (χ2n) is 9.22. The predicted octanol–water partition coefficient (Wildman–Crippen LogP) is 4.03. The molecule has 0 radical (unpaired) electrons. The van der Waals surface area contributed by atoms with Crippen molar-refractivity contribution in [1.82, 2.24) is 19.8 Å². The number of piperidine rings is 1. The van der Waals surface area contributed by atoms with Crippen LogP contribution in [0.5, 0.6) is 0 Å². The van der Waals surface area contributed by atoms with Gasteiger partial charge in [0.2, 0.25) is 5.91 Å². The van der Waals surface area contributed by atoms with Crippen molar-refractivity contribution in [1.29, 1.82) is 0 Å². The number of pyridine rings is 2. The van der Waals surface area contributed by atoms with Crippen LogP contribution in [0.1, 0.15) is 18.5 Å². The van der Waals surface area contributed by atoms with E-state index < -0.39 is 11.6 Å². The van der Waals surface area contributed by atoms with E-state index in [2.05, 4.69) is 25.4 Å². The zero-order valence-corrected chi connectivity index (χ0v) is 20.0. The molecule has 0 unspecified atom stereocenters. The van der Waals surface area contributed by atoms with Crippen LogP contribution in [0.3, 0.4) is 0 Å². The highest BCUT2D eigenvalue weighted by atomic mass is 19.1. The molecule has 2 aromatic heterocycles. The lowest BCUT2D eigenvalue weighted by atomic mass is 9.74. The fraction of sp³-hybridized carbons (Fsp3) is 0.346. The normalized spacial score (nSPS) is 15.7. The number of halogens is 2. The summed E-state index contributed by atoms with van der Waals surface area (Å²) in [7, 11) is 4.08. The van der Waals surface area contributed by atoms with Crippen molar-refractivity contribution in [3.05, 3.63) is 78.1 Å². The number of likely N-dealkylation sites (tertiary alicyclic amines) is 1. The minimum absolute atomic E-state index is 0.185. The van der Waals surface area contributed by atoms with E-state index in [1.54, 1.807) is 24.3 Å². The summed E-state index contributed by atoms with van der Waals surface area (Å²) in [5.74, 6) is 0.0996. The van der Waals surface area contributed by atoms with Gasteiger partial charge in [0.1, 0.15) is 23.3 Å². The summed E-state index contributed by atoms with van der Waals surface area (Å²) in [6, 6.07) is 14.9. The van der Waals surface area contributed by atoms with Crippen molar-refractivity contribution in [3.8, 4) is 0 Å². The van der Waals surface area contributed by atoms with Crippen LogP contribution in [0.25, 0.3) is 0 Å². The molecule has 0 spiro atoms. The first-order valence-electron chi connectivity index (χ1n) is 11.6. The van der Waals surface area contributed by atoms with E-state index >= 15 is 0 Å². The van der Waals surface area contributed by atoms with Gasteiger partial charge in [-0.3, -0.25) is 9.69 Å². The van der Waals surface area contributed by atoms with Crippen LogP contribution in [0.2, 0.25) is 0 Å². The molecule has 3 heterocycles. The van der Waals surface area contributed by atoms with E-state index in [9.17, 15) is 13.6 Å². The number of carbonyl (C=O) groups excluding carboxylic acids is 1. The summed E-state index contributed by atoms with van der Waals surface area (Å²) >= 11 is 0. The molecule has 0 atom stereocenters. The average Bonchev–Trinajstić information content (AvgIpc) is 2.83. The fourth-order valence-electron chi connectivity index (χ4n) is 4.58. The third-order valence-corrected chi connectivity index (χ3v) is 6.22. The number of hydrogen-bond acceptors (Lipinski definition) is 6. The van der Waals surface area contributed by atoms with Crippen molar-refractivity contribution in [2.75, 3.05) is 50.9 Å². The van der Waals surface area contributed by atoms with Crippen molar-refractivity contribution in [3.63, 3.8) is 0 Å². The number of para-hydroxylation sites is 1. The summed E-state index contributed by atoms with van der Waals surface area (Å²) < 4.78 is 27.0. The van der Waals surface area contributed by atoms with Gasteiger partial charge in [-0.1, -0.05) is 18.2 Å². The molecular formula is C26H30F2N6O. The van der Waals surface area contributed by atoms with Crippen molar-refractivity contribution in [2.24, 2.45) is 0 Å². The molecule has 7 nitrogen and oxygen atoms in total. The van der Waals surface area contributed by atoms with Gasteiger partial charge in [0.25, 0.3) is 0 Å². The fourth-order valence-corrected chi connectivity index (χ4v) is 4.58. The Morgan fingerprint density at radius 2 is 1.80 bits per heavy atom. The number of aromatic nitrogens is 2. The lowest BCUT2D eigenvalue weighted by Crippen LogP contribution is -2.49. The van der Waals surface area contributed by atoms with Crippen molar-refractivity contribution >= 4 is 23.2 Å². The molecule has 4 rings (SSSR count). The Labute approximate surface area is 204 Å². The molecule has 3 aromatic rings. The van der Waals surface area contributed by atoms with Gasteiger partial charge in [-0.15, -0.1) is 0 Å². The molecule has 0 saturated carbocycles. The summed E-state index contributed by atoms with van der Waals surface area (Å²) in [6.45, 7) is 2.46. The van der Waals surface area contributed by atoms with Crippen LogP contribution in [-0.4, -0.2) is 65.9 Å². The van der Waals surface area contributed by atoms with Crippen LogP contribution in [0, 0.1) is 11.6 Å². The highest BCUT2D eigenvalue weighted by Gasteiger charge is 2.38. The standard InChI is InChI=1S/C26H30F2N6O/c1-33(2)18-26(22-8-5-9-24(31-22)32-23-11-10-19(27)16-29-23)12-14-34(15-13-26)17-25(35)30-21-7-4-3-6-20(21)28/h3-11,16H,12-15,17-18H2,1-2H3,(H,30,35)(H,29,31,32). The maximum atomic E-state index is 13.9. The van der Waals surface area contributed by atoms with E-state index in [0.717, 1.165) is 44.4 Å². The molecule has 184 valence electrons. The van der Waals surface area contributed by atoms with Crippen LogP contribution in [-0.2, 0) is 10.2 Å². The van der Waals surface area contributed by atoms with Gasteiger partial charge in [0.15, 0.2) is 0 Å². The van der Waals surface area contributed by atoms with Crippen LogP contribution >= 0.6 is 0 Å². The lowest BCUT2D eigenvalue weighted by Gasteiger charge is -2.43. The second-order valence-corrected chi connectivity index (χ2v) is 9.22. The zero-order valence-electron chi connectivity index (χ0n) is 20.0. The van der Waals surface area contributed by atoms with E-state index in [0.29, 0.717) is 11.6 Å². The van der Waals surface area contributed by atoms with Crippen LogP contribution in [0.4, 0.5) is 26.1 Å². The molecule has 2 N–H and O–H groups in total. The molecule has 0 bridgehead atoms. The molecule has 9 heteroatoms. The quantitative estimate of drug-likeness (QED) is 0.507. The molecule has 1 aliphatic rings. The van der Waals surface area contributed by atoms with Gasteiger partial charge in [0, 0.05) is 12.0 Å². The number of nitrogens with one attached hydrogen (secondary N) is 2. The Morgan fingerprint density at radius 1 is 1.03 bits per heavy atom. The van der Waals surface area contributed by atoms with Gasteiger partial charge in [-0.2, -0.15) is 0 Å². The van der Waals surface area contributed by atoms with Crippen LogP contribution in [0.15, 0.2) is 60.8 Å². The van der Waals surface area contributed by atoms with Crippen molar-refractivity contribution < 1.29 is 13.6 Å². The summed E-state index contributed by atoms with van der Waals surface area (Å²) in [5.41, 5.74) is 0.977. The number of benzene rings is 1. The number of likely N-dealkylation sites (N-methyl/N-ethyl adjacent to an activating group) is 1. The number of amides is 1. The Kier molecular flexibility index (Phi) is 7.67. The number of carbonyl (C=O) groups is 1. The highest BCUT2D eigenvalue weighted by Crippen LogP contribution is 2.36. The Morgan fingerprint density at radius 3 is 2.49 bits per heavy atom. The molecule has 0 aliphatic carbocycles. The van der Waals surface area contributed by atoms with Gasteiger partial charge in [-0.25, -0.2) is 18.7 Å². The largest absolute Gasteiger partial charge is 0.325 e. The summed E-state index contributed by atoms with van der Waals surface area (Å²) in [5, 5.41) is 5.81. The van der Waals surface area contributed by atoms with E-state index in [1.807, 2.05) is 32.3 Å². The third kappa shape index (κ3) is 6.37. The number of nitrogens with zero attached hydrogens (tertiary/aromatic N) is 4. The summed E-state index contributed by atoms with van der Waals surface area (Å²) in [4.78, 5) is 25.7. The SMILES string of the molecule is CN(C)CC1(c2cccc(Nc3ccc(F)cn3)n2)CCN(CC(=O)Nc2ccccc2F)CC1. The maximum absolute atomic E-state index is 13.9. The minimum atomic E-state index is -0.445. The lowest BCUT2D eigenvalue weighted by molar-refractivity contribution is -0.117. The Balaban J connectivity index is 1.43. The predicted molar refractivity (Wildman–Crippen MR) is 133 cm³/mol. The van der Waals surface area contributed by atoms with Gasteiger partial charge >= 0.3 is 0 Å². The topological polar surface area (TPSA) is 73.4 Å². The molecule has 1 fully saturated rings. The first-order chi connectivity index (χ1) is 16.8. The second kappa shape index (κ2) is 10.9. The Bertz CT molecular complexity index is 1150. The van der Waals surface area contributed by atoms with E-state index in [1.165, 1.54) is 12.1 Å². The molecule has 1 amide bonds. The Hall–Kier alpha value is -3.43. The average molecular weight is 481 g/mol. The van der Waals surface area contributed by atoms with Crippen LogP contribution < -0.4 is 10.6 Å². The molecule has 1 aromatic carbocycles. The van der Waals surface area contributed by atoms with Gasteiger partial charge in [0.05, 0.1) is 24.1 Å². The molecule has 35 heavy (non-hydrogen) atoms. The van der Waals surface area contributed by atoms with Crippen molar-refractivity contribution in [2.45, 2.75) is 18.3 Å². The monoisotopic (exact) mass is 480 g/mol. The summed E-state index contributed by atoms with van der Waals surface area (Å²) in [6.07, 6.45) is 2.81. The van der Waals surface area contributed by atoms with E-state index in [-0.39, 0.29) is 23.6 Å².